The molecule has 0 bridgehead atoms. The summed E-state index contributed by atoms with van der Waals surface area (Å²) in [4.78, 5) is 43.7. The van der Waals surface area contributed by atoms with Crippen molar-refractivity contribution in [2.45, 2.75) is 6.42 Å². The zero-order valence-electron chi connectivity index (χ0n) is 17.2. The molecule has 2 amide bonds. The van der Waals surface area contributed by atoms with Crippen LogP contribution in [0.4, 0.5) is 0 Å². The number of aromatic nitrogens is 1. The lowest BCUT2D eigenvalue weighted by Crippen LogP contribution is -2.51. The Labute approximate surface area is 175 Å². The molecule has 2 N–H and O–H groups in total. The molecule has 2 heterocycles. The van der Waals surface area contributed by atoms with E-state index in [0.29, 0.717) is 51.6 Å². The van der Waals surface area contributed by atoms with Gasteiger partial charge in [0.05, 0.1) is 6.54 Å². The van der Waals surface area contributed by atoms with Gasteiger partial charge in [0, 0.05) is 52.1 Å². The number of H-pyrrole nitrogens is 1. The molecule has 2 aromatic rings. The number of aromatic amines is 1. The van der Waals surface area contributed by atoms with Crippen LogP contribution < -0.4 is 10.9 Å². The van der Waals surface area contributed by atoms with Crippen LogP contribution >= 0.6 is 0 Å². The van der Waals surface area contributed by atoms with E-state index in [1.54, 1.807) is 24.1 Å². The fourth-order valence-corrected chi connectivity index (χ4v) is 3.41. The van der Waals surface area contributed by atoms with Gasteiger partial charge in [0.25, 0.3) is 11.5 Å². The molecule has 3 rings (SSSR count). The normalized spacial score (nSPS) is 14.5. The van der Waals surface area contributed by atoms with Gasteiger partial charge < -0.3 is 19.9 Å². The molecule has 0 aliphatic carbocycles. The molecule has 1 aliphatic heterocycles. The maximum absolute atomic E-state index is 12.8. The number of piperazine rings is 1. The molecule has 30 heavy (non-hydrogen) atoms. The highest BCUT2D eigenvalue weighted by atomic mass is 16.5. The summed E-state index contributed by atoms with van der Waals surface area (Å²) in [6, 6.07) is 12.8. The lowest BCUT2D eigenvalue weighted by molar-refractivity contribution is -0.122. The first-order valence-corrected chi connectivity index (χ1v) is 10.1. The molecule has 1 aromatic heterocycles. The van der Waals surface area contributed by atoms with Gasteiger partial charge in [0.15, 0.2) is 0 Å². The Bertz CT molecular complexity index is 905. The third-order valence-electron chi connectivity index (χ3n) is 5.10. The zero-order chi connectivity index (χ0) is 21.3. The SMILES string of the molecule is COCCCNC(=O)CN1CCN(C(=O)c2ccc(-c3ccccc3)[nH]c2=O)CC1. The van der Waals surface area contributed by atoms with Crippen molar-refractivity contribution in [3.8, 4) is 11.3 Å². The largest absolute Gasteiger partial charge is 0.385 e. The van der Waals surface area contributed by atoms with E-state index in [1.165, 1.54) is 0 Å². The summed E-state index contributed by atoms with van der Waals surface area (Å²) in [5.74, 6) is -0.307. The number of hydrogen-bond acceptors (Lipinski definition) is 5. The zero-order valence-corrected chi connectivity index (χ0v) is 17.2. The van der Waals surface area contributed by atoms with E-state index in [4.69, 9.17) is 4.74 Å². The van der Waals surface area contributed by atoms with Crippen LogP contribution in [0.2, 0.25) is 0 Å². The highest BCUT2D eigenvalue weighted by molar-refractivity contribution is 5.94. The minimum atomic E-state index is -0.390. The summed E-state index contributed by atoms with van der Waals surface area (Å²) in [6.07, 6.45) is 0.780. The second kappa shape index (κ2) is 10.7. The summed E-state index contributed by atoms with van der Waals surface area (Å²) in [7, 11) is 1.63. The van der Waals surface area contributed by atoms with Crippen molar-refractivity contribution in [2.24, 2.45) is 0 Å². The van der Waals surface area contributed by atoms with E-state index in [-0.39, 0.29) is 22.9 Å². The van der Waals surface area contributed by atoms with Crippen LogP contribution in [0.3, 0.4) is 0 Å². The molecule has 0 unspecified atom stereocenters. The minimum absolute atomic E-state index is 0.0289. The average molecular weight is 412 g/mol. The van der Waals surface area contributed by atoms with Gasteiger partial charge in [-0.25, -0.2) is 0 Å². The highest BCUT2D eigenvalue weighted by Crippen LogP contribution is 2.15. The maximum atomic E-state index is 12.8. The average Bonchev–Trinajstić information content (AvgIpc) is 2.77. The number of carbonyl (C=O) groups is 2. The number of benzene rings is 1. The number of hydrogen-bond donors (Lipinski definition) is 2. The van der Waals surface area contributed by atoms with Crippen LogP contribution in [0.5, 0.6) is 0 Å². The molecule has 8 nitrogen and oxygen atoms in total. The summed E-state index contributed by atoms with van der Waals surface area (Å²) in [5, 5.41) is 2.86. The van der Waals surface area contributed by atoms with Crippen molar-refractivity contribution in [2.75, 3.05) is 53.0 Å². The fourth-order valence-electron chi connectivity index (χ4n) is 3.41. The Morgan fingerprint density at radius 3 is 2.47 bits per heavy atom. The van der Waals surface area contributed by atoms with Crippen molar-refractivity contribution < 1.29 is 14.3 Å². The van der Waals surface area contributed by atoms with E-state index in [1.807, 2.05) is 35.2 Å². The number of nitrogens with one attached hydrogen (secondary N) is 2. The van der Waals surface area contributed by atoms with Crippen LogP contribution in [0.25, 0.3) is 11.3 Å². The molecule has 160 valence electrons. The van der Waals surface area contributed by atoms with E-state index in [2.05, 4.69) is 10.3 Å². The minimum Gasteiger partial charge on any atom is -0.385 e. The third kappa shape index (κ3) is 5.77. The topological polar surface area (TPSA) is 94.7 Å². The quantitative estimate of drug-likeness (QED) is 0.630. The van der Waals surface area contributed by atoms with Crippen molar-refractivity contribution in [1.29, 1.82) is 0 Å². The third-order valence-corrected chi connectivity index (χ3v) is 5.10. The number of ether oxygens (including phenoxy) is 1. The summed E-state index contributed by atoms with van der Waals surface area (Å²) in [5.41, 5.74) is 1.32. The standard InChI is InChI=1S/C22H28N4O4/c1-30-15-5-10-23-20(27)16-25-11-13-26(14-12-25)22(29)18-8-9-19(24-21(18)28)17-6-3-2-4-7-17/h2-4,6-9H,5,10-16H2,1H3,(H,23,27)(H,24,28). The van der Waals surface area contributed by atoms with Crippen molar-refractivity contribution in [1.82, 2.24) is 20.1 Å². The number of methoxy groups -OCH3 is 1. The van der Waals surface area contributed by atoms with Gasteiger partial charge in [-0.3, -0.25) is 19.3 Å². The maximum Gasteiger partial charge on any atom is 0.261 e. The van der Waals surface area contributed by atoms with Crippen molar-refractivity contribution in [3.05, 3.63) is 58.4 Å². The van der Waals surface area contributed by atoms with Crippen molar-refractivity contribution in [3.63, 3.8) is 0 Å². The number of nitrogens with zero attached hydrogens (tertiary/aromatic N) is 2. The second-order valence-electron chi connectivity index (χ2n) is 7.25. The predicted molar refractivity (Wildman–Crippen MR) is 114 cm³/mol. The van der Waals surface area contributed by atoms with Crippen LogP contribution in [0.15, 0.2) is 47.3 Å². The summed E-state index contributed by atoms with van der Waals surface area (Å²) in [6.45, 7) is 3.67. The Morgan fingerprint density at radius 1 is 1.07 bits per heavy atom. The lowest BCUT2D eigenvalue weighted by Gasteiger charge is -2.34. The smallest absolute Gasteiger partial charge is 0.261 e. The number of rotatable bonds is 8. The number of carbonyl (C=O) groups excluding carboxylic acids is 2. The first kappa shape index (κ1) is 21.7. The number of amides is 2. The van der Waals surface area contributed by atoms with Gasteiger partial charge in [-0.15, -0.1) is 0 Å². The van der Waals surface area contributed by atoms with Crippen LogP contribution in [0.1, 0.15) is 16.8 Å². The Balaban J connectivity index is 1.52. The Hall–Kier alpha value is -2.97. The van der Waals surface area contributed by atoms with Gasteiger partial charge in [0.1, 0.15) is 5.56 Å². The van der Waals surface area contributed by atoms with E-state index in [9.17, 15) is 14.4 Å². The molecule has 1 saturated heterocycles. The molecule has 1 fully saturated rings. The molecule has 0 radical (unpaired) electrons. The van der Waals surface area contributed by atoms with Gasteiger partial charge in [-0.05, 0) is 24.1 Å². The highest BCUT2D eigenvalue weighted by Gasteiger charge is 2.24. The molecular formula is C22H28N4O4. The van der Waals surface area contributed by atoms with Gasteiger partial charge in [0.2, 0.25) is 5.91 Å². The molecule has 1 aromatic carbocycles. The van der Waals surface area contributed by atoms with Crippen LogP contribution in [0, 0.1) is 0 Å². The lowest BCUT2D eigenvalue weighted by atomic mass is 10.1. The Morgan fingerprint density at radius 2 is 1.80 bits per heavy atom. The predicted octanol–water partition coefficient (Wildman–Crippen LogP) is 0.952. The molecule has 8 heteroatoms. The molecule has 0 saturated carbocycles. The van der Waals surface area contributed by atoms with Gasteiger partial charge >= 0.3 is 0 Å². The summed E-state index contributed by atoms with van der Waals surface area (Å²) >= 11 is 0. The fraction of sp³-hybridized carbons (Fsp3) is 0.409. The first-order chi connectivity index (χ1) is 14.6. The second-order valence-corrected chi connectivity index (χ2v) is 7.25. The monoisotopic (exact) mass is 412 g/mol. The Kier molecular flexibility index (Phi) is 7.75. The number of pyridine rings is 1. The molecule has 0 spiro atoms. The van der Waals surface area contributed by atoms with Crippen LogP contribution in [-0.2, 0) is 9.53 Å². The molecule has 1 aliphatic rings. The van der Waals surface area contributed by atoms with Crippen LogP contribution in [-0.4, -0.2) is 79.6 Å². The summed E-state index contributed by atoms with van der Waals surface area (Å²) < 4.78 is 4.96. The van der Waals surface area contributed by atoms with Crippen molar-refractivity contribution >= 4 is 11.8 Å². The van der Waals surface area contributed by atoms with E-state index < -0.39 is 0 Å². The molecule has 0 atom stereocenters. The van der Waals surface area contributed by atoms with Gasteiger partial charge in [-0.2, -0.15) is 0 Å². The first-order valence-electron chi connectivity index (χ1n) is 10.1. The van der Waals surface area contributed by atoms with Gasteiger partial charge in [-0.1, -0.05) is 30.3 Å². The molecular weight excluding hydrogens is 384 g/mol. The van der Waals surface area contributed by atoms with E-state index >= 15 is 0 Å². The van der Waals surface area contributed by atoms with E-state index in [0.717, 1.165) is 12.0 Å².